The van der Waals surface area contributed by atoms with E-state index in [4.69, 9.17) is 21.1 Å². The van der Waals surface area contributed by atoms with Gasteiger partial charge in [0, 0.05) is 19.9 Å². The summed E-state index contributed by atoms with van der Waals surface area (Å²) in [6, 6.07) is 0. The van der Waals surface area contributed by atoms with Gasteiger partial charge in [0.1, 0.15) is 5.70 Å². The number of rotatable bonds is 5. The normalized spacial score (nSPS) is 12.4. The molecule has 0 bridgehead atoms. The molecular formula is C7H16N4O3. The van der Waals surface area contributed by atoms with Crippen LogP contribution in [-0.4, -0.2) is 26.5 Å². The molecule has 6 N–H and O–H groups in total. The lowest BCUT2D eigenvalue weighted by molar-refractivity contribution is -0.119. The summed E-state index contributed by atoms with van der Waals surface area (Å²) >= 11 is 0. The quantitative estimate of drug-likeness (QED) is 0.140. The highest BCUT2D eigenvalue weighted by Crippen LogP contribution is 1.97. The van der Waals surface area contributed by atoms with Crippen LogP contribution in [0.25, 0.3) is 0 Å². The molecule has 0 heterocycles. The Balaban J connectivity index is 4.42. The SMILES string of the molecule is COC(N/C(C)=C(\N)C(=O)NN)OC. The van der Waals surface area contributed by atoms with Crippen molar-refractivity contribution < 1.29 is 14.3 Å². The summed E-state index contributed by atoms with van der Waals surface area (Å²) < 4.78 is 9.70. The van der Waals surface area contributed by atoms with Gasteiger partial charge in [0.05, 0.1) is 0 Å². The van der Waals surface area contributed by atoms with Crippen LogP contribution in [0, 0.1) is 0 Å². The predicted octanol–water partition coefficient (Wildman–Crippen LogP) is -1.67. The summed E-state index contributed by atoms with van der Waals surface area (Å²) in [7, 11) is 2.90. The highest BCUT2D eigenvalue weighted by Gasteiger charge is 2.10. The topological polar surface area (TPSA) is 112 Å². The van der Waals surface area contributed by atoms with Gasteiger partial charge in [-0.3, -0.25) is 10.2 Å². The standard InChI is InChI=1S/C7H16N4O3/c1-4(5(8)6(12)11-9)10-7(13-2)14-3/h7,10H,8-9H2,1-3H3,(H,11,12)/b5-4-. The fourth-order valence-electron chi connectivity index (χ4n) is 0.717. The first-order chi connectivity index (χ1) is 6.56. The van der Waals surface area contributed by atoms with Crippen LogP contribution in [0.2, 0.25) is 0 Å². The summed E-state index contributed by atoms with van der Waals surface area (Å²) in [5.41, 5.74) is 7.75. The number of hydrogen-bond donors (Lipinski definition) is 4. The molecule has 0 radical (unpaired) electrons. The molecule has 7 nitrogen and oxygen atoms in total. The Morgan fingerprint density at radius 3 is 2.21 bits per heavy atom. The van der Waals surface area contributed by atoms with Gasteiger partial charge in [-0.25, -0.2) is 5.84 Å². The van der Waals surface area contributed by atoms with Crippen LogP contribution in [0.15, 0.2) is 11.4 Å². The maximum absolute atomic E-state index is 11.0. The first-order valence-electron chi connectivity index (χ1n) is 3.86. The Hall–Kier alpha value is -1.31. The molecule has 0 saturated heterocycles. The molecule has 14 heavy (non-hydrogen) atoms. The Morgan fingerprint density at radius 1 is 1.36 bits per heavy atom. The minimum absolute atomic E-state index is 0.0217. The third-order valence-electron chi connectivity index (χ3n) is 1.54. The van der Waals surface area contributed by atoms with E-state index >= 15 is 0 Å². The second kappa shape index (κ2) is 6.19. The number of allylic oxidation sites excluding steroid dienone is 1. The Kier molecular flexibility index (Phi) is 5.61. The van der Waals surface area contributed by atoms with Crippen molar-refractivity contribution in [3.63, 3.8) is 0 Å². The molecule has 0 fully saturated rings. The van der Waals surface area contributed by atoms with Crippen LogP contribution >= 0.6 is 0 Å². The van der Waals surface area contributed by atoms with Crippen molar-refractivity contribution in [2.75, 3.05) is 14.2 Å². The van der Waals surface area contributed by atoms with E-state index in [1.165, 1.54) is 14.2 Å². The van der Waals surface area contributed by atoms with Crippen molar-refractivity contribution in [3.05, 3.63) is 11.4 Å². The second-order valence-corrected chi connectivity index (χ2v) is 2.46. The van der Waals surface area contributed by atoms with E-state index in [0.29, 0.717) is 5.70 Å². The number of methoxy groups -OCH3 is 2. The maximum atomic E-state index is 11.0. The van der Waals surface area contributed by atoms with E-state index in [2.05, 4.69) is 5.32 Å². The van der Waals surface area contributed by atoms with E-state index < -0.39 is 12.3 Å². The summed E-state index contributed by atoms with van der Waals surface area (Å²) in [6.45, 7) is 1.61. The molecule has 0 aliphatic heterocycles. The predicted molar refractivity (Wildman–Crippen MR) is 50.2 cm³/mol. The third kappa shape index (κ3) is 3.60. The van der Waals surface area contributed by atoms with E-state index in [9.17, 15) is 4.79 Å². The largest absolute Gasteiger partial charge is 0.393 e. The summed E-state index contributed by atoms with van der Waals surface area (Å²) in [5, 5.41) is 2.73. The number of ether oxygens (including phenoxy) is 2. The molecular weight excluding hydrogens is 188 g/mol. The lowest BCUT2D eigenvalue weighted by Gasteiger charge is -2.17. The number of hydrogen-bond acceptors (Lipinski definition) is 6. The molecule has 0 aromatic carbocycles. The van der Waals surface area contributed by atoms with Gasteiger partial charge in [-0.1, -0.05) is 0 Å². The first-order valence-corrected chi connectivity index (χ1v) is 3.86. The summed E-state index contributed by atoms with van der Waals surface area (Å²) in [6.07, 6.45) is -0.654. The van der Waals surface area contributed by atoms with Gasteiger partial charge < -0.3 is 20.5 Å². The highest BCUT2D eigenvalue weighted by atomic mass is 16.7. The van der Waals surface area contributed by atoms with E-state index in [1.807, 2.05) is 5.43 Å². The molecule has 0 rings (SSSR count). The minimum atomic E-state index is -0.654. The van der Waals surface area contributed by atoms with Crippen LogP contribution < -0.4 is 22.3 Å². The van der Waals surface area contributed by atoms with Gasteiger partial charge in [-0.15, -0.1) is 0 Å². The molecule has 1 amide bonds. The number of hydrazine groups is 1. The molecule has 0 spiro atoms. The molecule has 0 aromatic heterocycles. The number of nitrogens with one attached hydrogen (secondary N) is 2. The van der Waals surface area contributed by atoms with Gasteiger partial charge in [0.2, 0.25) is 6.41 Å². The first kappa shape index (κ1) is 12.7. The van der Waals surface area contributed by atoms with E-state index in [0.717, 1.165) is 0 Å². The van der Waals surface area contributed by atoms with Crippen LogP contribution in [0.1, 0.15) is 6.92 Å². The monoisotopic (exact) mass is 204 g/mol. The van der Waals surface area contributed by atoms with Gasteiger partial charge in [-0.2, -0.15) is 0 Å². The smallest absolute Gasteiger partial charge is 0.282 e. The van der Waals surface area contributed by atoms with Crippen molar-refractivity contribution >= 4 is 5.91 Å². The molecule has 0 unspecified atom stereocenters. The lowest BCUT2D eigenvalue weighted by Crippen LogP contribution is -2.38. The Bertz CT molecular complexity index is 225. The van der Waals surface area contributed by atoms with Gasteiger partial charge in [0.15, 0.2) is 0 Å². The molecule has 0 aliphatic carbocycles. The molecule has 7 heteroatoms. The van der Waals surface area contributed by atoms with Crippen molar-refractivity contribution in [1.29, 1.82) is 0 Å². The van der Waals surface area contributed by atoms with Crippen molar-refractivity contribution in [1.82, 2.24) is 10.7 Å². The van der Waals surface area contributed by atoms with Crippen molar-refractivity contribution in [2.24, 2.45) is 11.6 Å². The van der Waals surface area contributed by atoms with Gasteiger partial charge in [0.25, 0.3) is 5.91 Å². The molecule has 0 atom stereocenters. The lowest BCUT2D eigenvalue weighted by atomic mass is 10.3. The third-order valence-corrected chi connectivity index (χ3v) is 1.54. The number of nitrogens with two attached hydrogens (primary N) is 2. The Morgan fingerprint density at radius 2 is 1.86 bits per heavy atom. The van der Waals surface area contributed by atoms with Gasteiger partial charge in [-0.05, 0) is 6.92 Å². The summed E-state index contributed by atoms with van der Waals surface area (Å²) in [5.74, 6) is 4.33. The average molecular weight is 204 g/mol. The second-order valence-electron chi connectivity index (χ2n) is 2.46. The fourth-order valence-corrected chi connectivity index (χ4v) is 0.717. The van der Waals surface area contributed by atoms with Crippen molar-refractivity contribution in [3.8, 4) is 0 Å². The zero-order chi connectivity index (χ0) is 11.1. The number of carbonyl (C=O) groups excluding carboxylic acids is 1. The van der Waals surface area contributed by atoms with Crippen LogP contribution in [0.5, 0.6) is 0 Å². The molecule has 82 valence electrons. The van der Waals surface area contributed by atoms with Crippen molar-refractivity contribution in [2.45, 2.75) is 13.3 Å². The zero-order valence-corrected chi connectivity index (χ0v) is 8.46. The number of carbonyl (C=O) groups is 1. The van der Waals surface area contributed by atoms with Crippen LogP contribution in [0.4, 0.5) is 0 Å². The van der Waals surface area contributed by atoms with E-state index in [1.54, 1.807) is 6.92 Å². The van der Waals surface area contributed by atoms with Crippen LogP contribution in [-0.2, 0) is 14.3 Å². The molecule has 0 aliphatic rings. The summed E-state index contributed by atoms with van der Waals surface area (Å²) in [4.78, 5) is 11.0. The van der Waals surface area contributed by atoms with Crippen LogP contribution in [0.3, 0.4) is 0 Å². The Labute approximate surface area is 82.4 Å². The number of amides is 1. The highest BCUT2D eigenvalue weighted by molar-refractivity contribution is 5.92. The van der Waals surface area contributed by atoms with E-state index in [-0.39, 0.29) is 5.70 Å². The minimum Gasteiger partial charge on any atom is -0.393 e. The average Bonchev–Trinajstić information content (AvgIpc) is 2.23. The van der Waals surface area contributed by atoms with Gasteiger partial charge >= 0.3 is 0 Å². The molecule has 0 saturated carbocycles. The maximum Gasteiger partial charge on any atom is 0.282 e. The molecule has 0 aromatic rings. The fraction of sp³-hybridized carbons (Fsp3) is 0.571. The zero-order valence-electron chi connectivity index (χ0n) is 8.46.